The Bertz CT molecular complexity index is 673. The Morgan fingerprint density at radius 3 is 2.67 bits per heavy atom. The number of benzene rings is 2. The van der Waals surface area contributed by atoms with Gasteiger partial charge in [-0.3, -0.25) is 0 Å². The number of hydrogen-bond donors (Lipinski definition) is 2. The summed E-state index contributed by atoms with van der Waals surface area (Å²) in [6.07, 6.45) is 0. The first kappa shape index (κ1) is 14.6. The second kappa shape index (κ2) is 6.13. The summed E-state index contributed by atoms with van der Waals surface area (Å²) < 4.78 is 24.3. The Balaban J connectivity index is 2.27. The topological polar surface area (TPSA) is 81.8 Å². The first-order valence-electron chi connectivity index (χ1n) is 6.10. The molecule has 0 saturated carbocycles. The Hall–Kier alpha value is -2.76. The van der Waals surface area contributed by atoms with Gasteiger partial charge in [0.25, 0.3) is 0 Å². The quantitative estimate of drug-likeness (QED) is 0.828. The van der Waals surface area contributed by atoms with E-state index in [0.29, 0.717) is 0 Å². The number of aromatic carboxylic acids is 1. The van der Waals surface area contributed by atoms with Gasteiger partial charge >= 0.3 is 5.97 Å². The molecule has 2 rings (SSSR count). The molecule has 0 aromatic heterocycles. The van der Waals surface area contributed by atoms with E-state index >= 15 is 0 Å². The Morgan fingerprint density at radius 1 is 1.29 bits per heavy atom. The zero-order chi connectivity index (χ0) is 15.4. The molecule has 0 saturated heterocycles. The van der Waals surface area contributed by atoms with Crippen molar-refractivity contribution in [1.29, 1.82) is 0 Å². The Labute approximate surface area is 120 Å². The van der Waals surface area contributed by atoms with Crippen molar-refractivity contribution in [3.05, 3.63) is 53.3 Å². The number of hydrogen-bond acceptors (Lipinski definition) is 4. The van der Waals surface area contributed by atoms with E-state index in [9.17, 15) is 9.18 Å². The standard InChI is InChI=1S/C15H14FNO4/c1-20-12-7-2-4-9(13(12)16)8-21-14-10(15(18)19)5-3-6-11(14)17/h2-7H,8,17H2,1H3,(H,18,19). The summed E-state index contributed by atoms with van der Waals surface area (Å²) in [5.74, 6) is -1.60. The van der Waals surface area contributed by atoms with Crippen LogP contribution in [0, 0.1) is 5.82 Å². The minimum atomic E-state index is -1.16. The Morgan fingerprint density at radius 2 is 2.00 bits per heavy atom. The molecule has 5 nitrogen and oxygen atoms in total. The monoisotopic (exact) mass is 291 g/mol. The number of halogens is 1. The first-order valence-corrected chi connectivity index (χ1v) is 6.10. The molecule has 0 aliphatic carbocycles. The maximum absolute atomic E-state index is 14.0. The van der Waals surface area contributed by atoms with E-state index in [0.717, 1.165) is 0 Å². The normalized spacial score (nSPS) is 10.2. The van der Waals surface area contributed by atoms with Gasteiger partial charge in [-0.2, -0.15) is 0 Å². The average Bonchev–Trinajstić information content (AvgIpc) is 2.47. The highest BCUT2D eigenvalue weighted by Gasteiger charge is 2.15. The van der Waals surface area contributed by atoms with Gasteiger partial charge in [0.15, 0.2) is 17.3 Å². The smallest absolute Gasteiger partial charge is 0.339 e. The fourth-order valence-corrected chi connectivity index (χ4v) is 1.86. The van der Waals surface area contributed by atoms with Crippen molar-refractivity contribution in [2.75, 3.05) is 12.8 Å². The molecule has 0 atom stereocenters. The summed E-state index contributed by atoms with van der Waals surface area (Å²) in [6.45, 7) is -0.155. The lowest BCUT2D eigenvalue weighted by molar-refractivity contribution is 0.0692. The van der Waals surface area contributed by atoms with E-state index in [1.165, 1.54) is 37.4 Å². The number of nitrogen functional groups attached to an aromatic ring is 1. The lowest BCUT2D eigenvalue weighted by Crippen LogP contribution is -2.07. The van der Waals surface area contributed by atoms with E-state index in [1.807, 2.05) is 0 Å². The molecule has 0 heterocycles. The van der Waals surface area contributed by atoms with Crippen LogP contribution >= 0.6 is 0 Å². The van der Waals surface area contributed by atoms with E-state index < -0.39 is 11.8 Å². The van der Waals surface area contributed by atoms with Crippen molar-refractivity contribution in [3.63, 3.8) is 0 Å². The van der Waals surface area contributed by atoms with Crippen LogP contribution in [-0.2, 0) is 6.61 Å². The fraction of sp³-hybridized carbons (Fsp3) is 0.133. The van der Waals surface area contributed by atoms with Crippen LogP contribution in [-0.4, -0.2) is 18.2 Å². The molecule has 0 amide bonds. The van der Waals surface area contributed by atoms with Crippen LogP contribution < -0.4 is 15.2 Å². The summed E-state index contributed by atoms with van der Waals surface area (Å²) in [4.78, 5) is 11.1. The molecular weight excluding hydrogens is 277 g/mol. The van der Waals surface area contributed by atoms with Gasteiger partial charge in [0, 0.05) is 5.56 Å². The third-order valence-corrected chi connectivity index (χ3v) is 2.91. The van der Waals surface area contributed by atoms with Crippen LogP contribution in [0.2, 0.25) is 0 Å². The molecule has 2 aromatic carbocycles. The first-order chi connectivity index (χ1) is 10.0. The molecule has 3 N–H and O–H groups in total. The number of rotatable bonds is 5. The summed E-state index contributed by atoms with van der Waals surface area (Å²) in [6, 6.07) is 9.03. The molecule has 0 aliphatic heterocycles. The molecule has 0 fully saturated rings. The van der Waals surface area contributed by atoms with Gasteiger partial charge in [-0.05, 0) is 18.2 Å². The van der Waals surface area contributed by atoms with Crippen LogP contribution in [0.3, 0.4) is 0 Å². The molecule has 0 bridgehead atoms. The lowest BCUT2D eigenvalue weighted by atomic mass is 10.1. The van der Waals surface area contributed by atoms with Crippen molar-refractivity contribution in [1.82, 2.24) is 0 Å². The maximum atomic E-state index is 14.0. The highest BCUT2D eigenvalue weighted by molar-refractivity contribution is 5.93. The SMILES string of the molecule is COc1cccc(COc2c(N)cccc2C(=O)O)c1F. The van der Waals surface area contributed by atoms with Crippen LogP contribution in [0.4, 0.5) is 10.1 Å². The predicted molar refractivity (Wildman–Crippen MR) is 75.1 cm³/mol. The van der Waals surface area contributed by atoms with Gasteiger partial charge in [-0.1, -0.05) is 18.2 Å². The Kier molecular flexibility index (Phi) is 4.27. The number of nitrogens with two attached hydrogens (primary N) is 1. The predicted octanol–water partition coefficient (Wildman–Crippen LogP) is 2.69. The van der Waals surface area contributed by atoms with Crippen molar-refractivity contribution >= 4 is 11.7 Å². The number of carboxylic acids is 1. The largest absolute Gasteiger partial charge is 0.494 e. The van der Waals surface area contributed by atoms with Crippen LogP contribution in [0.1, 0.15) is 15.9 Å². The zero-order valence-corrected chi connectivity index (χ0v) is 11.3. The minimum absolute atomic E-state index is 0.0206. The van der Waals surface area contributed by atoms with E-state index in [2.05, 4.69) is 0 Å². The van der Waals surface area contributed by atoms with E-state index in [1.54, 1.807) is 6.07 Å². The maximum Gasteiger partial charge on any atom is 0.339 e. The highest BCUT2D eigenvalue weighted by atomic mass is 19.1. The van der Waals surface area contributed by atoms with Crippen molar-refractivity contribution in [2.45, 2.75) is 6.61 Å². The molecule has 2 aromatic rings. The number of carboxylic acid groups (broad SMARTS) is 1. The summed E-state index contributed by atoms with van der Waals surface area (Å²) >= 11 is 0. The van der Waals surface area contributed by atoms with Gasteiger partial charge in [0.05, 0.1) is 12.8 Å². The van der Waals surface area contributed by atoms with Crippen molar-refractivity contribution < 1.29 is 23.8 Å². The van der Waals surface area contributed by atoms with Gasteiger partial charge < -0.3 is 20.3 Å². The van der Waals surface area contributed by atoms with Gasteiger partial charge in [0.2, 0.25) is 0 Å². The molecule has 21 heavy (non-hydrogen) atoms. The second-order valence-electron chi connectivity index (χ2n) is 4.25. The third-order valence-electron chi connectivity index (χ3n) is 2.91. The minimum Gasteiger partial charge on any atom is -0.494 e. The van der Waals surface area contributed by atoms with E-state index in [4.69, 9.17) is 20.3 Å². The second-order valence-corrected chi connectivity index (χ2v) is 4.25. The van der Waals surface area contributed by atoms with Gasteiger partial charge in [-0.25, -0.2) is 9.18 Å². The van der Waals surface area contributed by atoms with Crippen molar-refractivity contribution in [3.8, 4) is 11.5 Å². The number of anilines is 1. The summed E-state index contributed by atoms with van der Waals surface area (Å²) in [5.41, 5.74) is 6.06. The molecule has 0 aliphatic rings. The molecule has 0 radical (unpaired) electrons. The number of ether oxygens (including phenoxy) is 2. The fourth-order valence-electron chi connectivity index (χ4n) is 1.86. The average molecular weight is 291 g/mol. The molecule has 0 spiro atoms. The third kappa shape index (κ3) is 3.05. The number of methoxy groups -OCH3 is 1. The number of carbonyl (C=O) groups is 1. The highest BCUT2D eigenvalue weighted by Crippen LogP contribution is 2.28. The lowest BCUT2D eigenvalue weighted by Gasteiger charge is -2.13. The molecule has 110 valence electrons. The van der Waals surface area contributed by atoms with Crippen LogP contribution in [0.25, 0.3) is 0 Å². The molecule has 6 heteroatoms. The summed E-state index contributed by atoms with van der Waals surface area (Å²) in [7, 11) is 1.36. The van der Waals surface area contributed by atoms with E-state index in [-0.39, 0.29) is 34.9 Å². The van der Waals surface area contributed by atoms with Gasteiger partial charge in [0.1, 0.15) is 12.2 Å². The molecular formula is C15H14FNO4. The van der Waals surface area contributed by atoms with Crippen molar-refractivity contribution in [2.24, 2.45) is 0 Å². The number of para-hydroxylation sites is 1. The van der Waals surface area contributed by atoms with Crippen LogP contribution in [0.5, 0.6) is 11.5 Å². The zero-order valence-electron chi connectivity index (χ0n) is 11.3. The van der Waals surface area contributed by atoms with Crippen LogP contribution in [0.15, 0.2) is 36.4 Å². The summed E-state index contributed by atoms with van der Waals surface area (Å²) in [5, 5.41) is 9.09. The molecule has 0 unspecified atom stereocenters. The van der Waals surface area contributed by atoms with Gasteiger partial charge in [-0.15, -0.1) is 0 Å².